The maximum atomic E-state index is 11.8. The number of piperidine rings is 1. The number of benzene rings is 1. The highest BCUT2D eigenvalue weighted by Gasteiger charge is 2.23. The summed E-state index contributed by atoms with van der Waals surface area (Å²) in [5.74, 6) is 1.65. The molecule has 1 aliphatic rings. The van der Waals surface area contributed by atoms with E-state index < -0.39 is 0 Å². The Morgan fingerprint density at radius 3 is 3.00 bits per heavy atom. The maximum absolute atomic E-state index is 11.8. The summed E-state index contributed by atoms with van der Waals surface area (Å²) in [6.07, 6.45) is 2.85. The van der Waals surface area contributed by atoms with E-state index in [4.69, 9.17) is 4.74 Å². The molecule has 0 saturated carbocycles. The smallest absolute Gasteiger partial charge is 0.222 e. The summed E-state index contributed by atoms with van der Waals surface area (Å²) in [4.78, 5) is 13.8. The number of carbonyl (C=O) groups excluding carboxylic acids is 1. The van der Waals surface area contributed by atoms with Crippen LogP contribution in [0.25, 0.3) is 0 Å². The summed E-state index contributed by atoms with van der Waals surface area (Å²) in [5.41, 5.74) is 1.29. The molecule has 0 bridgehead atoms. The third-order valence-corrected chi connectivity index (χ3v) is 3.72. The van der Waals surface area contributed by atoms with Crippen LogP contribution in [0.4, 0.5) is 0 Å². The second-order valence-corrected chi connectivity index (χ2v) is 5.04. The molecule has 0 radical (unpaired) electrons. The van der Waals surface area contributed by atoms with Gasteiger partial charge < -0.3 is 9.64 Å². The fourth-order valence-corrected chi connectivity index (χ4v) is 2.72. The van der Waals surface area contributed by atoms with E-state index in [9.17, 15) is 4.79 Å². The number of ether oxygens (including phenoxy) is 1. The van der Waals surface area contributed by atoms with Gasteiger partial charge in [0.05, 0.1) is 6.61 Å². The third kappa shape index (κ3) is 3.49. The Labute approximate surface area is 115 Å². The molecule has 1 atom stereocenters. The summed E-state index contributed by atoms with van der Waals surface area (Å²) in [5, 5.41) is 0. The van der Waals surface area contributed by atoms with Crippen LogP contribution < -0.4 is 4.74 Å². The number of hydrogen-bond donors (Lipinski definition) is 0. The molecular formula is C16H23NO2. The number of hydrogen-bond acceptors (Lipinski definition) is 2. The van der Waals surface area contributed by atoms with Crippen LogP contribution in [0.3, 0.4) is 0 Å². The molecule has 1 saturated heterocycles. The Balaban J connectivity index is 2.08. The zero-order chi connectivity index (χ0) is 13.7. The van der Waals surface area contributed by atoms with E-state index in [0.717, 1.165) is 31.7 Å². The Bertz CT molecular complexity index is 431. The zero-order valence-corrected chi connectivity index (χ0v) is 11.9. The number of nitrogens with zero attached hydrogens (tertiary/aromatic N) is 1. The van der Waals surface area contributed by atoms with Gasteiger partial charge in [-0.25, -0.2) is 0 Å². The van der Waals surface area contributed by atoms with Crippen molar-refractivity contribution in [1.82, 2.24) is 4.90 Å². The molecule has 104 valence electrons. The lowest BCUT2D eigenvalue weighted by atomic mass is 9.90. The largest absolute Gasteiger partial charge is 0.494 e. The number of carbonyl (C=O) groups is 1. The molecule has 1 aromatic carbocycles. The van der Waals surface area contributed by atoms with Crippen molar-refractivity contribution in [3.8, 4) is 5.75 Å². The highest BCUT2D eigenvalue weighted by Crippen LogP contribution is 2.29. The SMILES string of the molecule is CCOc1cccc(C2CCCN(C(=O)CC)C2)c1. The topological polar surface area (TPSA) is 29.5 Å². The van der Waals surface area contributed by atoms with Gasteiger partial charge in [-0.3, -0.25) is 4.79 Å². The average Bonchev–Trinajstić information content (AvgIpc) is 2.47. The van der Waals surface area contributed by atoms with Crippen molar-refractivity contribution < 1.29 is 9.53 Å². The van der Waals surface area contributed by atoms with Crippen LogP contribution in [-0.4, -0.2) is 30.5 Å². The number of amides is 1. The van der Waals surface area contributed by atoms with Crippen molar-refractivity contribution in [2.24, 2.45) is 0 Å². The van der Waals surface area contributed by atoms with Gasteiger partial charge in [0.1, 0.15) is 5.75 Å². The van der Waals surface area contributed by atoms with Crippen molar-refractivity contribution in [2.75, 3.05) is 19.7 Å². The van der Waals surface area contributed by atoms with Crippen molar-refractivity contribution in [3.63, 3.8) is 0 Å². The second-order valence-electron chi connectivity index (χ2n) is 5.04. The molecule has 0 aliphatic carbocycles. The van der Waals surface area contributed by atoms with Crippen LogP contribution in [0.2, 0.25) is 0 Å². The zero-order valence-electron chi connectivity index (χ0n) is 11.9. The number of rotatable bonds is 4. The first kappa shape index (κ1) is 13.9. The average molecular weight is 261 g/mol. The lowest BCUT2D eigenvalue weighted by Crippen LogP contribution is -2.38. The molecule has 1 aromatic rings. The molecule has 19 heavy (non-hydrogen) atoms. The monoisotopic (exact) mass is 261 g/mol. The van der Waals surface area contributed by atoms with Crippen molar-refractivity contribution >= 4 is 5.91 Å². The summed E-state index contributed by atoms with van der Waals surface area (Å²) in [6, 6.07) is 8.30. The normalized spacial score (nSPS) is 19.3. The lowest BCUT2D eigenvalue weighted by molar-refractivity contribution is -0.132. The van der Waals surface area contributed by atoms with Gasteiger partial charge in [0, 0.05) is 25.4 Å². The Morgan fingerprint density at radius 2 is 2.26 bits per heavy atom. The van der Waals surface area contributed by atoms with E-state index in [0.29, 0.717) is 18.9 Å². The summed E-state index contributed by atoms with van der Waals surface area (Å²) < 4.78 is 5.55. The molecule has 0 aromatic heterocycles. The minimum Gasteiger partial charge on any atom is -0.494 e. The fraction of sp³-hybridized carbons (Fsp3) is 0.562. The van der Waals surface area contributed by atoms with Crippen LogP contribution in [0.15, 0.2) is 24.3 Å². The van der Waals surface area contributed by atoms with Gasteiger partial charge in [-0.15, -0.1) is 0 Å². The Hall–Kier alpha value is -1.51. The molecule has 0 N–H and O–H groups in total. The van der Waals surface area contributed by atoms with E-state index in [-0.39, 0.29) is 5.91 Å². The summed E-state index contributed by atoms with van der Waals surface area (Å²) >= 11 is 0. The van der Waals surface area contributed by atoms with Gasteiger partial charge >= 0.3 is 0 Å². The standard InChI is InChI=1S/C16H23NO2/c1-3-16(18)17-10-6-8-14(12-17)13-7-5-9-15(11-13)19-4-2/h5,7,9,11,14H,3-4,6,8,10,12H2,1-2H3. The summed E-state index contributed by atoms with van der Waals surface area (Å²) in [6.45, 7) is 6.38. The minimum absolute atomic E-state index is 0.269. The lowest BCUT2D eigenvalue weighted by Gasteiger charge is -2.33. The Kier molecular flexibility index (Phi) is 4.83. The van der Waals surface area contributed by atoms with Crippen LogP contribution in [0, 0.1) is 0 Å². The predicted molar refractivity (Wildman–Crippen MR) is 76.5 cm³/mol. The molecule has 0 spiro atoms. The second kappa shape index (κ2) is 6.60. The van der Waals surface area contributed by atoms with Gasteiger partial charge in [-0.05, 0) is 37.5 Å². The summed E-state index contributed by atoms with van der Waals surface area (Å²) in [7, 11) is 0. The molecule has 3 heteroatoms. The van der Waals surface area contributed by atoms with E-state index in [1.807, 2.05) is 30.9 Å². The van der Waals surface area contributed by atoms with Crippen LogP contribution >= 0.6 is 0 Å². The van der Waals surface area contributed by atoms with Crippen LogP contribution in [0.5, 0.6) is 5.75 Å². The predicted octanol–water partition coefficient (Wildman–Crippen LogP) is 3.20. The minimum atomic E-state index is 0.269. The van der Waals surface area contributed by atoms with Crippen molar-refractivity contribution in [3.05, 3.63) is 29.8 Å². The molecule has 3 nitrogen and oxygen atoms in total. The first-order valence-corrected chi connectivity index (χ1v) is 7.25. The molecule has 1 amide bonds. The van der Waals surface area contributed by atoms with E-state index in [1.54, 1.807) is 0 Å². The molecule has 1 heterocycles. The van der Waals surface area contributed by atoms with Crippen LogP contribution in [0.1, 0.15) is 44.6 Å². The Morgan fingerprint density at radius 1 is 1.42 bits per heavy atom. The van der Waals surface area contributed by atoms with Gasteiger partial charge in [-0.2, -0.15) is 0 Å². The van der Waals surface area contributed by atoms with Crippen molar-refractivity contribution in [2.45, 2.75) is 39.0 Å². The van der Waals surface area contributed by atoms with Gasteiger partial charge in [0.15, 0.2) is 0 Å². The molecular weight excluding hydrogens is 238 g/mol. The van der Waals surface area contributed by atoms with Gasteiger partial charge in [0.2, 0.25) is 5.91 Å². The number of likely N-dealkylation sites (tertiary alicyclic amines) is 1. The van der Waals surface area contributed by atoms with E-state index in [2.05, 4.69) is 12.1 Å². The van der Waals surface area contributed by atoms with E-state index >= 15 is 0 Å². The quantitative estimate of drug-likeness (QED) is 0.833. The maximum Gasteiger partial charge on any atom is 0.222 e. The highest BCUT2D eigenvalue weighted by atomic mass is 16.5. The molecule has 1 unspecified atom stereocenters. The first-order valence-electron chi connectivity index (χ1n) is 7.25. The van der Waals surface area contributed by atoms with Gasteiger partial charge in [0.25, 0.3) is 0 Å². The molecule has 2 rings (SSSR count). The fourth-order valence-electron chi connectivity index (χ4n) is 2.72. The first-order chi connectivity index (χ1) is 9.24. The van der Waals surface area contributed by atoms with Crippen LogP contribution in [-0.2, 0) is 4.79 Å². The van der Waals surface area contributed by atoms with Gasteiger partial charge in [-0.1, -0.05) is 19.1 Å². The molecule has 1 fully saturated rings. The van der Waals surface area contributed by atoms with E-state index in [1.165, 1.54) is 5.56 Å². The highest BCUT2D eigenvalue weighted by molar-refractivity contribution is 5.76. The molecule has 1 aliphatic heterocycles. The third-order valence-electron chi connectivity index (χ3n) is 3.72. The van der Waals surface area contributed by atoms with Crippen molar-refractivity contribution in [1.29, 1.82) is 0 Å².